The Morgan fingerprint density at radius 1 is 0.654 bits per heavy atom. The Kier molecular flexibility index (Phi) is 3.68. The van der Waals surface area contributed by atoms with Crippen molar-refractivity contribution in [3.05, 3.63) is 125 Å². The minimum Gasteiger partial charge on any atom is -0.0622 e. The summed E-state index contributed by atoms with van der Waals surface area (Å²) in [5.74, 6) is 0.344. The van der Waals surface area contributed by atoms with Crippen LogP contribution in [0.2, 0.25) is 0 Å². The van der Waals surface area contributed by atoms with Crippen molar-refractivity contribution >= 4 is 16.8 Å². The Bertz CT molecular complexity index is 1100. The van der Waals surface area contributed by atoms with Gasteiger partial charge in [0, 0.05) is 5.92 Å². The highest BCUT2D eigenvalue weighted by atomic mass is 14.3. The van der Waals surface area contributed by atoms with Gasteiger partial charge >= 0.3 is 0 Å². The Hall–Kier alpha value is -3.12. The molecule has 0 saturated carbocycles. The first-order valence-corrected chi connectivity index (χ1v) is 9.20. The largest absolute Gasteiger partial charge is 0.0622 e. The van der Waals surface area contributed by atoms with Gasteiger partial charge in [-0.3, -0.25) is 0 Å². The first kappa shape index (κ1) is 15.2. The predicted molar refractivity (Wildman–Crippen MR) is 110 cm³/mol. The number of allylic oxidation sites excluding steroid dienone is 1. The number of hydrogen-bond donors (Lipinski definition) is 0. The monoisotopic (exact) mass is 332 g/mol. The lowest BCUT2D eigenvalue weighted by atomic mass is 9.88. The minimum absolute atomic E-state index is 0.344. The normalized spacial score (nSPS) is 17.5. The van der Waals surface area contributed by atoms with E-state index in [1.54, 1.807) is 0 Å². The summed E-state index contributed by atoms with van der Waals surface area (Å²) in [4.78, 5) is 0. The molecule has 0 N–H and O–H groups in total. The SMILES string of the molecule is C(=C1/Cc2ccccc2[C@H]1c1ccc2ccccc2c1)/c1ccccc1. The highest BCUT2D eigenvalue weighted by Gasteiger charge is 2.28. The number of benzene rings is 4. The van der Waals surface area contributed by atoms with Crippen molar-refractivity contribution in [2.75, 3.05) is 0 Å². The molecular formula is C26H20. The molecule has 124 valence electrons. The van der Waals surface area contributed by atoms with Gasteiger partial charge in [-0.15, -0.1) is 0 Å². The van der Waals surface area contributed by atoms with Gasteiger partial charge in [-0.25, -0.2) is 0 Å². The van der Waals surface area contributed by atoms with E-state index >= 15 is 0 Å². The fourth-order valence-corrected chi connectivity index (χ4v) is 4.18. The van der Waals surface area contributed by atoms with Crippen molar-refractivity contribution < 1.29 is 0 Å². The zero-order valence-corrected chi connectivity index (χ0v) is 14.6. The fourth-order valence-electron chi connectivity index (χ4n) is 4.18. The topological polar surface area (TPSA) is 0 Å². The molecule has 1 aliphatic carbocycles. The van der Waals surface area contributed by atoms with E-state index in [9.17, 15) is 0 Å². The van der Waals surface area contributed by atoms with Crippen LogP contribution in [0, 0.1) is 0 Å². The molecule has 1 aliphatic rings. The molecule has 0 amide bonds. The summed E-state index contributed by atoms with van der Waals surface area (Å²) in [6, 6.07) is 35.1. The molecule has 0 spiro atoms. The molecule has 4 aromatic rings. The Morgan fingerprint density at radius 3 is 2.27 bits per heavy atom. The molecule has 0 fully saturated rings. The van der Waals surface area contributed by atoms with Crippen LogP contribution >= 0.6 is 0 Å². The van der Waals surface area contributed by atoms with Crippen LogP contribution < -0.4 is 0 Å². The lowest BCUT2D eigenvalue weighted by Crippen LogP contribution is -1.99. The number of fused-ring (bicyclic) bond motifs is 2. The van der Waals surface area contributed by atoms with E-state index in [0.29, 0.717) is 5.92 Å². The summed E-state index contributed by atoms with van der Waals surface area (Å²) in [7, 11) is 0. The maximum Gasteiger partial charge on any atom is 0.0308 e. The van der Waals surface area contributed by atoms with E-state index in [-0.39, 0.29) is 0 Å². The van der Waals surface area contributed by atoms with Crippen LogP contribution in [0.25, 0.3) is 16.8 Å². The molecule has 0 saturated heterocycles. The maximum absolute atomic E-state index is 2.37. The smallest absolute Gasteiger partial charge is 0.0308 e. The van der Waals surface area contributed by atoms with Gasteiger partial charge in [0.1, 0.15) is 0 Å². The minimum atomic E-state index is 0.344. The second-order valence-corrected chi connectivity index (χ2v) is 7.05. The van der Waals surface area contributed by atoms with Crippen LogP contribution in [0.4, 0.5) is 0 Å². The van der Waals surface area contributed by atoms with Crippen molar-refractivity contribution in [3.63, 3.8) is 0 Å². The second-order valence-electron chi connectivity index (χ2n) is 7.05. The van der Waals surface area contributed by atoms with Crippen molar-refractivity contribution in [2.45, 2.75) is 12.3 Å². The van der Waals surface area contributed by atoms with Gasteiger partial charge in [0.15, 0.2) is 0 Å². The molecular weight excluding hydrogens is 312 g/mol. The summed E-state index contributed by atoms with van der Waals surface area (Å²) >= 11 is 0. The molecule has 0 bridgehead atoms. The number of rotatable bonds is 2. The van der Waals surface area contributed by atoms with Gasteiger partial charge < -0.3 is 0 Å². The molecule has 5 rings (SSSR count). The molecule has 0 heterocycles. The van der Waals surface area contributed by atoms with E-state index in [2.05, 4.69) is 103 Å². The van der Waals surface area contributed by atoms with Gasteiger partial charge in [0.05, 0.1) is 0 Å². The van der Waals surface area contributed by atoms with Crippen LogP contribution in [-0.4, -0.2) is 0 Å². The Labute approximate surface area is 154 Å². The molecule has 0 unspecified atom stereocenters. The zero-order valence-electron chi connectivity index (χ0n) is 14.6. The zero-order chi connectivity index (χ0) is 17.3. The molecule has 26 heavy (non-hydrogen) atoms. The highest BCUT2D eigenvalue weighted by molar-refractivity contribution is 5.83. The van der Waals surface area contributed by atoms with Gasteiger partial charge in [-0.1, -0.05) is 109 Å². The highest BCUT2D eigenvalue weighted by Crippen LogP contribution is 2.43. The summed E-state index contributed by atoms with van der Waals surface area (Å²) in [5, 5.41) is 2.62. The van der Waals surface area contributed by atoms with Gasteiger partial charge in [-0.05, 0) is 39.4 Å². The van der Waals surface area contributed by atoms with Crippen LogP contribution in [0.3, 0.4) is 0 Å². The lowest BCUT2D eigenvalue weighted by molar-refractivity contribution is 0.993. The first-order chi connectivity index (χ1) is 12.9. The average molecular weight is 332 g/mol. The maximum atomic E-state index is 2.37. The standard InChI is InChI=1S/C26H20/c1-2-8-19(9-3-1)16-24-18-22-12-6-7-13-25(22)26(24)23-15-14-20-10-4-5-11-21(20)17-23/h1-17,26H,18H2/b24-16+/t26-/m0/s1. The fraction of sp³-hybridized carbons (Fsp3) is 0.0769. The summed E-state index contributed by atoms with van der Waals surface area (Å²) in [6.07, 6.45) is 3.41. The van der Waals surface area contributed by atoms with E-state index in [1.165, 1.54) is 38.6 Å². The van der Waals surface area contributed by atoms with Crippen molar-refractivity contribution in [1.29, 1.82) is 0 Å². The van der Waals surface area contributed by atoms with Gasteiger partial charge in [-0.2, -0.15) is 0 Å². The van der Waals surface area contributed by atoms with E-state index < -0.39 is 0 Å². The van der Waals surface area contributed by atoms with E-state index in [1.807, 2.05) is 0 Å². The van der Waals surface area contributed by atoms with Crippen LogP contribution in [-0.2, 0) is 6.42 Å². The predicted octanol–water partition coefficient (Wildman–Crippen LogP) is 6.61. The van der Waals surface area contributed by atoms with E-state index in [0.717, 1.165) is 6.42 Å². The molecule has 0 radical (unpaired) electrons. The molecule has 0 aromatic heterocycles. The number of hydrogen-bond acceptors (Lipinski definition) is 0. The molecule has 0 aliphatic heterocycles. The van der Waals surface area contributed by atoms with E-state index in [4.69, 9.17) is 0 Å². The van der Waals surface area contributed by atoms with Crippen LogP contribution in [0.15, 0.2) is 103 Å². The third-order valence-electron chi connectivity index (χ3n) is 5.39. The van der Waals surface area contributed by atoms with Gasteiger partial charge in [0.25, 0.3) is 0 Å². The summed E-state index contributed by atoms with van der Waals surface area (Å²) in [6.45, 7) is 0. The van der Waals surface area contributed by atoms with Crippen molar-refractivity contribution in [1.82, 2.24) is 0 Å². The molecule has 4 aromatic carbocycles. The Balaban J connectivity index is 1.67. The lowest BCUT2D eigenvalue weighted by Gasteiger charge is -2.16. The summed E-state index contributed by atoms with van der Waals surface area (Å²) < 4.78 is 0. The van der Waals surface area contributed by atoms with Gasteiger partial charge in [0.2, 0.25) is 0 Å². The first-order valence-electron chi connectivity index (χ1n) is 9.20. The summed E-state index contributed by atoms with van der Waals surface area (Å²) in [5.41, 5.74) is 7.04. The van der Waals surface area contributed by atoms with Crippen LogP contribution in [0.1, 0.15) is 28.2 Å². The second kappa shape index (κ2) is 6.31. The Morgan fingerprint density at radius 2 is 1.38 bits per heavy atom. The third kappa shape index (κ3) is 2.64. The third-order valence-corrected chi connectivity index (χ3v) is 5.39. The quantitative estimate of drug-likeness (QED) is 0.387. The molecule has 0 nitrogen and oxygen atoms in total. The van der Waals surface area contributed by atoms with Crippen molar-refractivity contribution in [3.8, 4) is 0 Å². The van der Waals surface area contributed by atoms with Crippen molar-refractivity contribution in [2.24, 2.45) is 0 Å². The molecule has 1 atom stereocenters. The van der Waals surface area contributed by atoms with Crippen LogP contribution in [0.5, 0.6) is 0 Å². The molecule has 0 heteroatoms. The average Bonchev–Trinajstić information content (AvgIpc) is 3.06.